The summed E-state index contributed by atoms with van der Waals surface area (Å²) >= 11 is 14.3. The largest absolute Gasteiger partial charge is 0.494 e. The molecule has 0 spiro atoms. The summed E-state index contributed by atoms with van der Waals surface area (Å²) in [6, 6.07) is 6.92. The molecule has 0 aliphatic rings. The number of carbonyl (C=O) groups excluding carboxylic acids is 1. The van der Waals surface area contributed by atoms with Crippen molar-refractivity contribution in [2.75, 3.05) is 12.4 Å². The Morgan fingerprint density at radius 2 is 1.73 bits per heavy atom. The third-order valence-corrected chi connectivity index (χ3v) is 5.35. The van der Waals surface area contributed by atoms with Gasteiger partial charge >= 0.3 is 0 Å². The molecule has 0 unspecified atom stereocenters. The van der Waals surface area contributed by atoms with Crippen LogP contribution < -0.4 is 10.1 Å². The second-order valence-electron chi connectivity index (χ2n) is 4.85. The van der Waals surface area contributed by atoms with Crippen LogP contribution in [0.25, 0.3) is 0 Å². The smallest absolute Gasteiger partial charge is 0.259 e. The van der Waals surface area contributed by atoms with Gasteiger partial charge in [-0.15, -0.1) is 0 Å². The monoisotopic (exact) mass is 449 g/mol. The molecule has 0 saturated carbocycles. The van der Waals surface area contributed by atoms with Gasteiger partial charge in [-0.25, -0.2) is 0 Å². The van der Waals surface area contributed by atoms with Gasteiger partial charge in [-0.05, 0) is 71.8 Å². The summed E-state index contributed by atoms with van der Waals surface area (Å²) in [7, 11) is 1.46. The van der Waals surface area contributed by atoms with Gasteiger partial charge in [0.1, 0.15) is 5.75 Å². The number of benzene rings is 2. The Morgan fingerprint density at radius 3 is 2.27 bits per heavy atom. The highest BCUT2D eigenvalue weighted by Crippen LogP contribution is 2.33. The number of hydrogen-bond acceptors (Lipinski definition) is 2. The van der Waals surface area contributed by atoms with Crippen LogP contribution in [0.4, 0.5) is 5.69 Å². The van der Waals surface area contributed by atoms with Gasteiger partial charge in [0.2, 0.25) is 0 Å². The van der Waals surface area contributed by atoms with E-state index in [1.165, 1.54) is 22.8 Å². The molecule has 1 amide bonds. The van der Waals surface area contributed by atoms with E-state index in [9.17, 15) is 4.79 Å². The quantitative estimate of drug-likeness (QED) is 0.630. The van der Waals surface area contributed by atoms with Crippen LogP contribution in [0.1, 0.15) is 21.5 Å². The normalized spacial score (nSPS) is 10.5. The fourth-order valence-corrected chi connectivity index (χ4v) is 3.03. The Kier molecular flexibility index (Phi) is 5.58. The molecule has 0 aliphatic heterocycles. The highest BCUT2D eigenvalue weighted by Gasteiger charge is 2.17. The van der Waals surface area contributed by atoms with Crippen molar-refractivity contribution in [3.8, 4) is 5.75 Å². The zero-order valence-corrected chi connectivity index (χ0v) is 15.9. The predicted molar refractivity (Wildman–Crippen MR) is 99.6 cm³/mol. The average Bonchev–Trinajstić information content (AvgIpc) is 2.43. The third kappa shape index (κ3) is 3.67. The number of ether oxygens (including phenoxy) is 1. The zero-order valence-electron chi connectivity index (χ0n) is 12.3. The number of carbonyl (C=O) groups is 1. The number of anilines is 1. The van der Waals surface area contributed by atoms with Crippen LogP contribution >= 0.6 is 45.8 Å². The summed E-state index contributed by atoms with van der Waals surface area (Å²) in [6.07, 6.45) is 0. The predicted octanol–water partition coefficient (Wildman–Crippen LogP) is 5.48. The number of rotatable bonds is 3. The van der Waals surface area contributed by atoms with Gasteiger partial charge in [0, 0.05) is 14.3 Å². The maximum Gasteiger partial charge on any atom is 0.259 e. The van der Waals surface area contributed by atoms with E-state index in [0.717, 1.165) is 16.8 Å². The van der Waals surface area contributed by atoms with Crippen molar-refractivity contribution in [2.24, 2.45) is 0 Å². The molecule has 22 heavy (non-hydrogen) atoms. The lowest BCUT2D eigenvalue weighted by Gasteiger charge is -2.13. The van der Waals surface area contributed by atoms with Crippen LogP contribution in [0.2, 0.25) is 10.0 Å². The fraction of sp³-hybridized carbons (Fsp3) is 0.188. The third-order valence-electron chi connectivity index (χ3n) is 3.15. The van der Waals surface area contributed by atoms with Crippen molar-refractivity contribution >= 4 is 57.4 Å². The van der Waals surface area contributed by atoms with Gasteiger partial charge in [-0.1, -0.05) is 23.2 Å². The molecule has 0 fully saturated rings. The highest BCUT2D eigenvalue weighted by atomic mass is 127. The topological polar surface area (TPSA) is 38.3 Å². The second-order valence-corrected chi connectivity index (χ2v) is 6.77. The molecule has 0 bridgehead atoms. The SMILES string of the molecule is COc1c(Cl)cc(Cl)cc1C(=O)Nc1cc(C)c(I)c(C)c1. The number of halogens is 3. The van der Waals surface area contributed by atoms with E-state index in [1.807, 2.05) is 26.0 Å². The lowest BCUT2D eigenvalue weighted by molar-refractivity contribution is 0.102. The average molecular weight is 450 g/mol. The summed E-state index contributed by atoms with van der Waals surface area (Å²) in [5, 5.41) is 3.54. The molecule has 2 aromatic carbocycles. The van der Waals surface area contributed by atoms with Crippen LogP contribution in [0.3, 0.4) is 0 Å². The van der Waals surface area contributed by atoms with Crippen molar-refractivity contribution in [1.82, 2.24) is 0 Å². The molecule has 0 aliphatic carbocycles. The maximum atomic E-state index is 12.5. The summed E-state index contributed by atoms with van der Waals surface area (Å²) in [5.74, 6) is -0.0104. The van der Waals surface area contributed by atoms with Crippen molar-refractivity contribution in [3.05, 3.63) is 54.6 Å². The van der Waals surface area contributed by atoms with Crippen LogP contribution in [0.15, 0.2) is 24.3 Å². The van der Waals surface area contributed by atoms with Gasteiger partial charge in [0.25, 0.3) is 5.91 Å². The minimum absolute atomic E-state index is 0.300. The molecule has 2 aromatic rings. The van der Waals surface area contributed by atoms with Gasteiger partial charge in [-0.2, -0.15) is 0 Å². The molecule has 116 valence electrons. The molecule has 0 atom stereocenters. The van der Waals surface area contributed by atoms with E-state index in [1.54, 1.807) is 0 Å². The number of aryl methyl sites for hydroxylation is 2. The Balaban J connectivity index is 2.38. The molecule has 0 saturated heterocycles. The first-order chi connectivity index (χ1) is 10.3. The molecular formula is C16H14Cl2INO2. The molecular weight excluding hydrogens is 436 g/mol. The van der Waals surface area contributed by atoms with Gasteiger partial charge < -0.3 is 10.1 Å². The number of amides is 1. The molecule has 0 aromatic heterocycles. The van der Waals surface area contributed by atoms with E-state index < -0.39 is 0 Å². The molecule has 2 rings (SSSR count). The Bertz CT molecular complexity index is 724. The van der Waals surface area contributed by atoms with Crippen LogP contribution in [0, 0.1) is 17.4 Å². The van der Waals surface area contributed by atoms with E-state index in [-0.39, 0.29) is 5.91 Å². The molecule has 3 nitrogen and oxygen atoms in total. The van der Waals surface area contributed by atoms with Gasteiger partial charge in [0.05, 0.1) is 17.7 Å². The van der Waals surface area contributed by atoms with E-state index >= 15 is 0 Å². The lowest BCUT2D eigenvalue weighted by Crippen LogP contribution is -2.14. The first-order valence-electron chi connectivity index (χ1n) is 6.44. The first kappa shape index (κ1) is 17.4. The van der Waals surface area contributed by atoms with Crippen LogP contribution in [-0.2, 0) is 0 Å². The summed E-state index contributed by atoms with van der Waals surface area (Å²) in [6.45, 7) is 4.00. The highest BCUT2D eigenvalue weighted by molar-refractivity contribution is 14.1. The Hall–Kier alpha value is -0.980. The standard InChI is InChI=1S/C16H14Cl2INO2/c1-8-4-11(5-9(2)14(8)19)20-16(21)12-6-10(17)7-13(18)15(12)22-3/h4-7H,1-3H3,(H,20,21). The first-order valence-corrected chi connectivity index (χ1v) is 8.28. The number of methoxy groups -OCH3 is 1. The van der Waals surface area contributed by atoms with Crippen molar-refractivity contribution in [3.63, 3.8) is 0 Å². The lowest BCUT2D eigenvalue weighted by atomic mass is 10.1. The minimum atomic E-state index is -0.318. The summed E-state index contributed by atoms with van der Waals surface area (Å²) in [5.41, 5.74) is 3.23. The second kappa shape index (κ2) is 7.06. The van der Waals surface area contributed by atoms with Gasteiger partial charge in [0.15, 0.2) is 0 Å². The van der Waals surface area contributed by atoms with E-state index in [4.69, 9.17) is 27.9 Å². The zero-order chi connectivity index (χ0) is 16.4. The molecule has 1 N–H and O–H groups in total. The minimum Gasteiger partial charge on any atom is -0.494 e. The van der Waals surface area contributed by atoms with E-state index in [2.05, 4.69) is 27.9 Å². The summed E-state index contributed by atoms with van der Waals surface area (Å²) in [4.78, 5) is 12.5. The maximum absolute atomic E-state index is 12.5. The molecule has 6 heteroatoms. The molecule has 0 heterocycles. The molecule has 0 radical (unpaired) electrons. The van der Waals surface area contributed by atoms with Crippen molar-refractivity contribution < 1.29 is 9.53 Å². The van der Waals surface area contributed by atoms with Crippen LogP contribution in [-0.4, -0.2) is 13.0 Å². The van der Waals surface area contributed by atoms with Gasteiger partial charge in [-0.3, -0.25) is 4.79 Å². The number of nitrogens with one attached hydrogen (secondary N) is 1. The Labute approximate surface area is 153 Å². The van der Waals surface area contributed by atoms with Crippen molar-refractivity contribution in [2.45, 2.75) is 13.8 Å². The van der Waals surface area contributed by atoms with E-state index in [0.29, 0.717) is 21.4 Å². The number of hydrogen-bond donors (Lipinski definition) is 1. The van der Waals surface area contributed by atoms with Crippen LogP contribution in [0.5, 0.6) is 5.75 Å². The Morgan fingerprint density at radius 1 is 1.14 bits per heavy atom. The van der Waals surface area contributed by atoms with Crippen molar-refractivity contribution in [1.29, 1.82) is 0 Å². The fourth-order valence-electron chi connectivity index (χ4n) is 2.15. The summed E-state index contributed by atoms with van der Waals surface area (Å²) < 4.78 is 6.38.